The molecule has 1 saturated heterocycles. The number of anilines is 1. The molecule has 130 valence electrons. The van der Waals surface area contributed by atoms with Crippen molar-refractivity contribution in [1.29, 1.82) is 0 Å². The fourth-order valence-corrected chi connectivity index (χ4v) is 2.49. The average molecular weight is 335 g/mol. The van der Waals surface area contributed by atoms with Crippen LogP contribution in [0.25, 0.3) is 0 Å². The number of aliphatic hydroxyl groups is 1. The summed E-state index contributed by atoms with van der Waals surface area (Å²) in [4.78, 5) is 13.5. The summed E-state index contributed by atoms with van der Waals surface area (Å²) >= 11 is 0. The molecule has 2 amide bonds. The highest BCUT2D eigenvalue weighted by Gasteiger charge is 2.44. The van der Waals surface area contributed by atoms with Gasteiger partial charge < -0.3 is 14.5 Å². The third kappa shape index (κ3) is 4.37. The van der Waals surface area contributed by atoms with E-state index < -0.39 is 24.2 Å². The van der Waals surface area contributed by atoms with E-state index >= 15 is 0 Å². The molecule has 23 heavy (non-hydrogen) atoms. The Morgan fingerprint density at radius 3 is 2.52 bits per heavy atom. The van der Waals surface area contributed by atoms with Gasteiger partial charge in [-0.15, -0.1) is 0 Å². The van der Waals surface area contributed by atoms with E-state index in [0.29, 0.717) is 5.76 Å². The predicted molar refractivity (Wildman–Crippen MR) is 76.0 cm³/mol. The summed E-state index contributed by atoms with van der Waals surface area (Å²) in [6.07, 6.45) is -6.76. The van der Waals surface area contributed by atoms with Crippen molar-refractivity contribution in [2.24, 2.45) is 5.92 Å². The van der Waals surface area contributed by atoms with Crippen LogP contribution < -0.4 is 5.32 Å². The summed E-state index contributed by atoms with van der Waals surface area (Å²) in [5.74, 6) is 0.162. The number of aliphatic hydroxyl groups excluding tert-OH is 1. The number of hydrogen-bond donors (Lipinski definition) is 2. The molecule has 6 nitrogen and oxygen atoms in total. The molecule has 2 rings (SSSR count). The molecule has 1 aromatic rings. The fraction of sp³-hybridized carbons (Fsp3) is 0.714. The van der Waals surface area contributed by atoms with E-state index in [9.17, 15) is 23.1 Å². The van der Waals surface area contributed by atoms with Crippen molar-refractivity contribution < 1.29 is 27.6 Å². The predicted octanol–water partition coefficient (Wildman–Crippen LogP) is 2.97. The van der Waals surface area contributed by atoms with Crippen LogP contribution in [0.15, 0.2) is 10.6 Å². The average Bonchev–Trinajstić information content (AvgIpc) is 2.94. The number of halogens is 3. The number of piperidine rings is 1. The number of urea groups is 1. The number of alkyl halides is 3. The molecule has 0 spiro atoms. The molecule has 0 radical (unpaired) electrons. The summed E-state index contributed by atoms with van der Waals surface area (Å²) in [6, 6.07) is 1.18. The van der Waals surface area contributed by atoms with Crippen LogP contribution in [0.4, 0.5) is 23.8 Å². The SMILES string of the molecule is CC(C)c1cc(NC(=O)N2CCC([C@@H](O)C(F)(F)F)CC2)no1. The molecule has 1 fully saturated rings. The van der Waals surface area contributed by atoms with Gasteiger partial charge in [0.2, 0.25) is 0 Å². The quantitative estimate of drug-likeness (QED) is 0.890. The highest BCUT2D eigenvalue weighted by atomic mass is 19.4. The summed E-state index contributed by atoms with van der Waals surface area (Å²) < 4.78 is 42.5. The molecule has 1 aliphatic heterocycles. The van der Waals surface area contributed by atoms with Crippen molar-refractivity contribution in [2.75, 3.05) is 18.4 Å². The molecule has 0 aliphatic carbocycles. The van der Waals surface area contributed by atoms with Crippen molar-refractivity contribution in [3.05, 3.63) is 11.8 Å². The number of carbonyl (C=O) groups is 1. The van der Waals surface area contributed by atoms with E-state index in [1.54, 1.807) is 6.07 Å². The smallest absolute Gasteiger partial charge is 0.383 e. The molecule has 1 aromatic heterocycles. The van der Waals surface area contributed by atoms with E-state index in [1.807, 2.05) is 13.8 Å². The van der Waals surface area contributed by atoms with E-state index in [-0.39, 0.29) is 37.7 Å². The molecule has 0 saturated carbocycles. The Bertz CT molecular complexity index is 537. The normalized spacial score (nSPS) is 18.3. The van der Waals surface area contributed by atoms with Crippen LogP contribution >= 0.6 is 0 Å². The summed E-state index contributed by atoms with van der Waals surface area (Å²) in [5.41, 5.74) is 0. The van der Waals surface area contributed by atoms with Crippen molar-refractivity contribution in [1.82, 2.24) is 10.1 Å². The van der Waals surface area contributed by atoms with Gasteiger partial charge in [-0.25, -0.2) is 4.79 Å². The van der Waals surface area contributed by atoms with Gasteiger partial charge >= 0.3 is 12.2 Å². The molecule has 0 aromatic carbocycles. The Balaban J connectivity index is 1.86. The number of rotatable bonds is 3. The minimum absolute atomic E-state index is 0.101. The number of nitrogens with zero attached hydrogens (tertiary/aromatic N) is 2. The van der Waals surface area contributed by atoms with Crippen LogP contribution in [-0.2, 0) is 0 Å². The van der Waals surface area contributed by atoms with E-state index in [0.717, 1.165) is 0 Å². The summed E-state index contributed by atoms with van der Waals surface area (Å²) in [5, 5.41) is 15.5. The second-order valence-electron chi connectivity index (χ2n) is 6.01. The molecule has 1 aliphatic rings. The van der Waals surface area contributed by atoms with Crippen LogP contribution in [0.5, 0.6) is 0 Å². The number of hydrogen-bond acceptors (Lipinski definition) is 4. The lowest BCUT2D eigenvalue weighted by Gasteiger charge is -2.34. The number of nitrogens with one attached hydrogen (secondary N) is 1. The zero-order valence-electron chi connectivity index (χ0n) is 12.9. The molecule has 2 N–H and O–H groups in total. The number of amides is 2. The molecule has 1 atom stereocenters. The minimum Gasteiger partial charge on any atom is -0.383 e. The van der Waals surface area contributed by atoms with Gasteiger partial charge in [-0.2, -0.15) is 13.2 Å². The first kappa shape index (κ1) is 17.6. The second-order valence-corrected chi connectivity index (χ2v) is 6.01. The lowest BCUT2D eigenvalue weighted by molar-refractivity contribution is -0.222. The van der Waals surface area contributed by atoms with Crippen molar-refractivity contribution in [3.63, 3.8) is 0 Å². The van der Waals surface area contributed by atoms with Crippen molar-refractivity contribution in [2.45, 2.75) is 44.9 Å². The summed E-state index contributed by atoms with van der Waals surface area (Å²) in [6.45, 7) is 4.14. The van der Waals surface area contributed by atoms with Gasteiger partial charge in [0.05, 0.1) is 0 Å². The Kier molecular flexibility index (Phi) is 5.18. The Labute approximate surface area is 131 Å². The van der Waals surface area contributed by atoms with Crippen molar-refractivity contribution in [3.8, 4) is 0 Å². The maximum atomic E-state index is 12.5. The molecule has 2 heterocycles. The highest BCUT2D eigenvalue weighted by Crippen LogP contribution is 2.31. The zero-order chi connectivity index (χ0) is 17.2. The zero-order valence-corrected chi connectivity index (χ0v) is 12.9. The topological polar surface area (TPSA) is 78.6 Å². The van der Waals surface area contributed by atoms with Crippen LogP contribution in [0.2, 0.25) is 0 Å². The highest BCUT2D eigenvalue weighted by molar-refractivity contribution is 5.88. The lowest BCUT2D eigenvalue weighted by Crippen LogP contribution is -2.46. The molecular weight excluding hydrogens is 315 g/mol. The molecule has 0 unspecified atom stereocenters. The van der Waals surface area contributed by atoms with E-state index in [2.05, 4.69) is 10.5 Å². The van der Waals surface area contributed by atoms with Crippen LogP contribution in [0, 0.1) is 5.92 Å². The third-order valence-electron chi connectivity index (χ3n) is 3.94. The molecule has 9 heteroatoms. The van der Waals surface area contributed by atoms with E-state index in [4.69, 9.17) is 4.52 Å². The number of likely N-dealkylation sites (tertiary alicyclic amines) is 1. The van der Waals surface area contributed by atoms with E-state index in [1.165, 1.54) is 4.90 Å². The van der Waals surface area contributed by atoms with Crippen LogP contribution in [0.3, 0.4) is 0 Å². The maximum absolute atomic E-state index is 12.5. The minimum atomic E-state index is -4.62. The van der Waals surface area contributed by atoms with Crippen molar-refractivity contribution >= 4 is 11.8 Å². The monoisotopic (exact) mass is 335 g/mol. The van der Waals surface area contributed by atoms with Crippen LogP contribution in [-0.4, -0.2) is 46.6 Å². The van der Waals surface area contributed by atoms with Gasteiger partial charge in [0, 0.05) is 25.1 Å². The largest absolute Gasteiger partial charge is 0.414 e. The lowest BCUT2D eigenvalue weighted by atomic mass is 9.91. The van der Waals surface area contributed by atoms with Gasteiger partial charge in [0.1, 0.15) is 5.76 Å². The first-order valence-corrected chi connectivity index (χ1v) is 7.45. The Morgan fingerprint density at radius 1 is 1.43 bits per heavy atom. The maximum Gasteiger partial charge on any atom is 0.414 e. The standard InChI is InChI=1S/C14H20F3N3O3/c1-8(2)10-7-11(19-23-10)18-13(22)20-5-3-9(4-6-20)12(21)14(15,16)17/h7-9,12,21H,3-6H2,1-2H3,(H,18,19,22)/t12-/m1/s1. The van der Waals surface area contributed by atoms with Crippen LogP contribution in [0.1, 0.15) is 38.4 Å². The second kappa shape index (κ2) is 6.77. The third-order valence-corrected chi connectivity index (χ3v) is 3.94. The molecular formula is C14H20F3N3O3. The molecule has 0 bridgehead atoms. The van der Waals surface area contributed by atoms with Gasteiger partial charge in [0.25, 0.3) is 0 Å². The van der Waals surface area contributed by atoms with Gasteiger partial charge in [0.15, 0.2) is 11.9 Å². The first-order valence-electron chi connectivity index (χ1n) is 7.45. The number of carbonyl (C=O) groups excluding carboxylic acids is 1. The Hall–Kier alpha value is -1.77. The first-order chi connectivity index (χ1) is 10.7. The van der Waals surface area contributed by atoms with Gasteiger partial charge in [-0.3, -0.25) is 5.32 Å². The number of aromatic nitrogens is 1. The van der Waals surface area contributed by atoms with Gasteiger partial charge in [-0.1, -0.05) is 19.0 Å². The van der Waals surface area contributed by atoms with Gasteiger partial charge in [-0.05, 0) is 18.8 Å². The fourth-order valence-electron chi connectivity index (χ4n) is 2.49. The summed E-state index contributed by atoms with van der Waals surface area (Å²) in [7, 11) is 0. The Morgan fingerprint density at radius 2 is 2.04 bits per heavy atom.